The van der Waals surface area contributed by atoms with Crippen molar-refractivity contribution >= 4 is 0 Å². The van der Waals surface area contributed by atoms with Crippen LogP contribution in [0.15, 0.2) is 0 Å². The average Bonchev–Trinajstić information content (AvgIpc) is 2.01. The highest BCUT2D eigenvalue weighted by atomic mass is 16.5. The van der Waals surface area contributed by atoms with Gasteiger partial charge in [-0.25, -0.2) is 0 Å². The van der Waals surface area contributed by atoms with Crippen molar-refractivity contribution in [2.45, 2.75) is 25.7 Å². The van der Waals surface area contributed by atoms with Crippen molar-refractivity contribution in [3.63, 3.8) is 0 Å². The molecule has 1 heterocycles. The SMILES string of the molecule is C1CCNCCCOCC1. The summed E-state index contributed by atoms with van der Waals surface area (Å²) in [6.45, 7) is 4.23. The molecule has 1 saturated heterocycles. The zero-order chi connectivity index (χ0) is 7.07. The quantitative estimate of drug-likeness (QED) is 0.549. The van der Waals surface area contributed by atoms with E-state index in [1.54, 1.807) is 0 Å². The van der Waals surface area contributed by atoms with Crippen LogP contribution < -0.4 is 5.32 Å². The summed E-state index contributed by atoms with van der Waals surface area (Å²) < 4.78 is 5.37. The first-order valence-corrected chi connectivity index (χ1v) is 4.28. The standard InChI is InChI=1S/C8H17NO/c1-2-5-9-6-4-8-10-7-3-1/h9H,1-8H2. The lowest BCUT2D eigenvalue weighted by Crippen LogP contribution is -2.19. The summed E-state index contributed by atoms with van der Waals surface area (Å²) in [5.41, 5.74) is 0. The van der Waals surface area contributed by atoms with Crippen LogP contribution in [0, 0.1) is 0 Å². The maximum atomic E-state index is 5.37. The van der Waals surface area contributed by atoms with E-state index in [0.29, 0.717) is 0 Å². The summed E-state index contributed by atoms with van der Waals surface area (Å²) in [7, 11) is 0. The van der Waals surface area contributed by atoms with Crippen molar-refractivity contribution < 1.29 is 4.74 Å². The molecule has 0 unspecified atom stereocenters. The topological polar surface area (TPSA) is 21.3 Å². The van der Waals surface area contributed by atoms with Crippen molar-refractivity contribution in [2.75, 3.05) is 26.3 Å². The van der Waals surface area contributed by atoms with E-state index in [1.807, 2.05) is 0 Å². The molecule has 60 valence electrons. The third-order valence-corrected chi connectivity index (χ3v) is 1.78. The molecule has 0 radical (unpaired) electrons. The highest BCUT2D eigenvalue weighted by Gasteiger charge is 1.94. The van der Waals surface area contributed by atoms with Gasteiger partial charge in [0.25, 0.3) is 0 Å². The summed E-state index contributed by atoms with van der Waals surface area (Å²) >= 11 is 0. The molecule has 0 aliphatic carbocycles. The second kappa shape index (κ2) is 5.69. The van der Waals surface area contributed by atoms with Gasteiger partial charge in [0.2, 0.25) is 0 Å². The highest BCUT2D eigenvalue weighted by Crippen LogP contribution is 1.96. The summed E-state index contributed by atoms with van der Waals surface area (Å²) in [4.78, 5) is 0. The van der Waals surface area contributed by atoms with Gasteiger partial charge in [-0.15, -0.1) is 0 Å². The minimum absolute atomic E-state index is 0.938. The lowest BCUT2D eigenvalue weighted by molar-refractivity contribution is 0.125. The Morgan fingerprint density at radius 1 is 0.800 bits per heavy atom. The van der Waals surface area contributed by atoms with Gasteiger partial charge in [0.05, 0.1) is 0 Å². The van der Waals surface area contributed by atoms with Gasteiger partial charge in [-0.05, 0) is 38.8 Å². The number of hydrogen-bond donors (Lipinski definition) is 1. The molecule has 0 atom stereocenters. The minimum Gasteiger partial charge on any atom is -0.381 e. The fourth-order valence-corrected chi connectivity index (χ4v) is 1.16. The Labute approximate surface area is 63.0 Å². The third-order valence-electron chi connectivity index (χ3n) is 1.78. The lowest BCUT2D eigenvalue weighted by atomic mass is 10.2. The smallest absolute Gasteiger partial charge is 0.0478 e. The molecule has 0 amide bonds. The number of rotatable bonds is 0. The monoisotopic (exact) mass is 143 g/mol. The second-order valence-corrected chi connectivity index (χ2v) is 2.78. The molecule has 1 aliphatic rings. The van der Waals surface area contributed by atoms with Crippen LogP contribution >= 0.6 is 0 Å². The van der Waals surface area contributed by atoms with E-state index >= 15 is 0 Å². The van der Waals surface area contributed by atoms with Crippen LogP contribution in [0.1, 0.15) is 25.7 Å². The summed E-state index contributed by atoms with van der Waals surface area (Å²) in [6, 6.07) is 0. The van der Waals surface area contributed by atoms with Gasteiger partial charge in [0, 0.05) is 13.2 Å². The summed E-state index contributed by atoms with van der Waals surface area (Å²) in [5.74, 6) is 0. The number of hydrogen-bond acceptors (Lipinski definition) is 2. The molecule has 1 aliphatic heterocycles. The molecule has 2 heteroatoms. The lowest BCUT2D eigenvalue weighted by Gasteiger charge is -2.08. The molecule has 0 aromatic heterocycles. The van der Waals surface area contributed by atoms with E-state index in [9.17, 15) is 0 Å². The minimum atomic E-state index is 0.938. The molecule has 1 rings (SSSR count). The van der Waals surface area contributed by atoms with E-state index in [1.165, 1.54) is 32.2 Å². The van der Waals surface area contributed by atoms with Crippen LogP contribution in [0.3, 0.4) is 0 Å². The molecule has 0 spiro atoms. The highest BCUT2D eigenvalue weighted by molar-refractivity contribution is 4.51. The average molecular weight is 143 g/mol. The Morgan fingerprint density at radius 2 is 1.60 bits per heavy atom. The van der Waals surface area contributed by atoms with Crippen LogP contribution in [0.5, 0.6) is 0 Å². The molecular formula is C8H17NO. The molecule has 0 aromatic carbocycles. The van der Waals surface area contributed by atoms with E-state index < -0.39 is 0 Å². The predicted molar refractivity (Wildman–Crippen MR) is 42.2 cm³/mol. The zero-order valence-electron chi connectivity index (χ0n) is 6.57. The van der Waals surface area contributed by atoms with Gasteiger partial charge in [-0.2, -0.15) is 0 Å². The van der Waals surface area contributed by atoms with Gasteiger partial charge in [-0.1, -0.05) is 0 Å². The number of nitrogens with one attached hydrogen (secondary N) is 1. The largest absolute Gasteiger partial charge is 0.381 e. The van der Waals surface area contributed by atoms with Crippen molar-refractivity contribution in [2.24, 2.45) is 0 Å². The maximum Gasteiger partial charge on any atom is 0.0478 e. The Kier molecular flexibility index (Phi) is 4.56. The van der Waals surface area contributed by atoms with Crippen molar-refractivity contribution in [3.8, 4) is 0 Å². The third kappa shape index (κ3) is 3.85. The fraction of sp³-hybridized carbons (Fsp3) is 1.00. The van der Waals surface area contributed by atoms with Crippen molar-refractivity contribution in [3.05, 3.63) is 0 Å². The first kappa shape index (κ1) is 8.02. The van der Waals surface area contributed by atoms with Crippen molar-refractivity contribution in [1.29, 1.82) is 0 Å². The Balaban J connectivity index is 2.00. The van der Waals surface area contributed by atoms with Gasteiger partial charge in [0.15, 0.2) is 0 Å². The molecule has 10 heavy (non-hydrogen) atoms. The Bertz CT molecular complexity index is 42.4. The van der Waals surface area contributed by atoms with Crippen LogP contribution in [-0.2, 0) is 4.74 Å². The van der Waals surface area contributed by atoms with Crippen LogP contribution in [0.2, 0.25) is 0 Å². The maximum absolute atomic E-state index is 5.37. The molecule has 0 saturated carbocycles. The van der Waals surface area contributed by atoms with Gasteiger partial charge >= 0.3 is 0 Å². The Hall–Kier alpha value is -0.0800. The predicted octanol–water partition coefficient (Wildman–Crippen LogP) is 1.17. The molecule has 1 fully saturated rings. The number of ether oxygens (including phenoxy) is 1. The van der Waals surface area contributed by atoms with Gasteiger partial charge in [-0.3, -0.25) is 0 Å². The first-order valence-electron chi connectivity index (χ1n) is 4.28. The van der Waals surface area contributed by atoms with Crippen LogP contribution in [0.25, 0.3) is 0 Å². The Morgan fingerprint density at radius 3 is 2.60 bits per heavy atom. The van der Waals surface area contributed by atoms with E-state index in [4.69, 9.17) is 4.74 Å². The van der Waals surface area contributed by atoms with Gasteiger partial charge < -0.3 is 10.1 Å². The summed E-state index contributed by atoms with van der Waals surface area (Å²) in [6.07, 6.45) is 5.03. The first-order chi connectivity index (χ1) is 5.00. The van der Waals surface area contributed by atoms with E-state index in [-0.39, 0.29) is 0 Å². The van der Waals surface area contributed by atoms with E-state index in [2.05, 4.69) is 5.32 Å². The van der Waals surface area contributed by atoms with Crippen LogP contribution in [0.4, 0.5) is 0 Å². The second-order valence-electron chi connectivity index (χ2n) is 2.78. The fourth-order valence-electron chi connectivity index (χ4n) is 1.16. The molecular weight excluding hydrogens is 126 g/mol. The van der Waals surface area contributed by atoms with Gasteiger partial charge in [0.1, 0.15) is 0 Å². The molecule has 2 nitrogen and oxygen atoms in total. The van der Waals surface area contributed by atoms with E-state index in [0.717, 1.165) is 19.8 Å². The summed E-state index contributed by atoms with van der Waals surface area (Å²) in [5, 5.41) is 3.38. The van der Waals surface area contributed by atoms with Crippen LogP contribution in [-0.4, -0.2) is 26.3 Å². The normalized spacial score (nSPS) is 24.0. The zero-order valence-corrected chi connectivity index (χ0v) is 6.57. The van der Waals surface area contributed by atoms with Crippen molar-refractivity contribution in [1.82, 2.24) is 5.32 Å². The molecule has 1 N–H and O–H groups in total. The molecule has 0 bridgehead atoms. The molecule has 0 aromatic rings.